The van der Waals surface area contributed by atoms with E-state index in [-0.39, 0.29) is 6.04 Å². The van der Waals surface area contributed by atoms with Crippen LogP contribution in [-0.4, -0.2) is 29.1 Å². The van der Waals surface area contributed by atoms with Crippen LogP contribution in [0.4, 0.5) is 0 Å². The van der Waals surface area contributed by atoms with E-state index >= 15 is 0 Å². The molecule has 2 saturated heterocycles. The zero-order valence-corrected chi connectivity index (χ0v) is 11.0. The molecule has 19 heavy (non-hydrogen) atoms. The average molecular weight is 257 g/mol. The maximum atomic E-state index is 11.1. The van der Waals surface area contributed by atoms with Crippen molar-refractivity contribution in [3.63, 3.8) is 0 Å². The molecule has 0 bridgehead atoms. The minimum Gasteiger partial charge on any atom is -0.458 e. The molecule has 2 unspecified atom stereocenters. The summed E-state index contributed by atoms with van der Waals surface area (Å²) in [5.41, 5.74) is 0.0829. The molecule has 2 aliphatic rings. The molecule has 4 rings (SSSR count). The van der Waals surface area contributed by atoms with Crippen molar-refractivity contribution < 1.29 is 9.52 Å². The van der Waals surface area contributed by atoms with Gasteiger partial charge in [-0.15, -0.1) is 0 Å². The molecule has 3 heteroatoms. The number of hydrogen-bond acceptors (Lipinski definition) is 3. The summed E-state index contributed by atoms with van der Waals surface area (Å²) in [4.78, 5) is 2.43. The summed E-state index contributed by atoms with van der Waals surface area (Å²) in [6.07, 6.45) is 4.33. The fraction of sp³-hybridized carbons (Fsp3) is 0.500. The van der Waals surface area contributed by atoms with Crippen molar-refractivity contribution in [1.82, 2.24) is 4.90 Å². The van der Waals surface area contributed by atoms with Gasteiger partial charge < -0.3 is 9.52 Å². The molecule has 1 aromatic carbocycles. The Kier molecular flexibility index (Phi) is 2.47. The molecule has 0 aliphatic carbocycles. The van der Waals surface area contributed by atoms with E-state index in [0.29, 0.717) is 0 Å². The molecule has 2 aliphatic heterocycles. The van der Waals surface area contributed by atoms with Gasteiger partial charge in [0.15, 0.2) is 0 Å². The van der Waals surface area contributed by atoms with Crippen LogP contribution in [0.1, 0.15) is 31.4 Å². The first kappa shape index (κ1) is 11.5. The topological polar surface area (TPSA) is 36.6 Å². The van der Waals surface area contributed by atoms with Gasteiger partial charge in [-0.25, -0.2) is 0 Å². The lowest BCUT2D eigenvalue weighted by Gasteiger charge is -2.36. The summed E-state index contributed by atoms with van der Waals surface area (Å²) in [6, 6.07) is 10.2. The van der Waals surface area contributed by atoms with Crippen LogP contribution in [0.2, 0.25) is 0 Å². The van der Waals surface area contributed by atoms with Crippen LogP contribution in [0, 0.1) is 0 Å². The number of fused-ring (bicyclic) bond motifs is 2. The molecular weight excluding hydrogens is 238 g/mol. The number of piperidine rings is 1. The molecule has 3 nitrogen and oxygen atoms in total. The third-order valence-electron chi connectivity index (χ3n) is 4.80. The van der Waals surface area contributed by atoms with E-state index in [4.69, 9.17) is 4.42 Å². The van der Waals surface area contributed by atoms with Gasteiger partial charge in [-0.05, 0) is 37.9 Å². The quantitative estimate of drug-likeness (QED) is 0.853. The van der Waals surface area contributed by atoms with Crippen molar-refractivity contribution in [3.05, 3.63) is 36.1 Å². The predicted molar refractivity (Wildman–Crippen MR) is 73.9 cm³/mol. The highest BCUT2D eigenvalue weighted by Gasteiger charge is 2.49. The minimum absolute atomic E-state index is 0.238. The highest BCUT2D eigenvalue weighted by atomic mass is 16.4. The Labute approximate surface area is 112 Å². The fourth-order valence-electron chi connectivity index (χ4n) is 3.76. The van der Waals surface area contributed by atoms with Crippen molar-refractivity contribution in [2.24, 2.45) is 0 Å². The molecule has 0 amide bonds. The van der Waals surface area contributed by atoms with Gasteiger partial charge in [0.2, 0.25) is 0 Å². The number of hydrogen-bond donors (Lipinski definition) is 1. The van der Waals surface area contributed by atoms with Gasteiger partial charge >= 0.3 is 0 Å². The monoisotopic (exact) mass is 257 g/mol. The normalized spacial score (nSPS) is 31.7. The molecule has 0 saturated carbocycles. The number of aliphatic hydroxyl groups is 1. The molecule has 2 aromatic rings. The summed E-state index contributed by atoms with van der Waals surface area (Å²) in [7, 11) is 0. The molecule has 100 valence electrons. The maximum absolute atomic E-state index is 11.1. The Morgan fingerprint density at radius 3 is 3.00 bits per heavy atom. The van der Waals surface area contributed by atoms with Crippen LogP contribution in [0.5, 0.6) is 0 Å². The Bertz CT molecular complexity index is 573. The van der Waals surface area contributed by atoms with Crippen LogP contribution in [0.15, 0.2) is 34.7 Å². The van der Waals surface area contributed by atoms with E-state index < -0.39 is 5.60 Å². The van der Waals surface area contributed by atoms with Crippen molar-refractivity contribution in [3.8, 4) is 0 Å². The molecule has 2 fully saturated rings. The molecule has 2 atom stereocenters. The largest absolute Gasteiger partial charge is 0.458 e. The number of furan rings is 1. The number of benzene rings is 1. The van der Waals surface area contributed by atoms with E-state index in [0.717, 1.165) is 42.7 Å². The number of para-hydroxylation sites is 1. The minimum atomic E-state index is -0.792. The SMILES string of the molecule is OC1(c2cc3ccccc3o2)CCN2CCCCC21. The van der Waals surface area contributed by atoms with Gasteiger partial charge in [0, 0.05) is 18.0 Å². The van der Waals surface area contributed by atoms with Crippen LogP contribution >= 0.6 is 0 Å². The second-order valence-corrected chi connectivity index (χ2v) is 5.87. The highest BCUT2D eigenvalue weighted by Crippen LogP contribution is 2.43. The van der Waals surface area contributed by atoms with Crippen LogP contribution in [-0.2, 0) is 5.60 Å². The van der Waals surface area contributed by atoms with Gasteiger partial charge in [0.1, 0.15) is 16.9 Å². The fourth-order valence-corrected chi connectivity index (χ4v) is 3.76. The first-order valence-corrected chi connectivity index (χ1v) is 7.23. The Morgan fingerprint density at radius 2 is 2.11 bits per heavy atom. The second kappa shape index (κ2) is 4.09. The lowest BCUT2D eigenvalue weighted by atomic mass is 9.86. The van der Waals surface area contributed by atoms with Gasteiger partial charge in [0.05, 0.1) is 0 Å². The van der Waals surface area contributed by atoms with E-state index in [1.165, 1.54) is 12.8 Å². The smallest absolute Gasteiger partial charge is 0.139 e. The third-order valence-corrected chi connectivity index (χ3v) is 4.80. The van der Waals surface area contributed by atoms with Crippen molar-refractivity contribution in [2.75, 3.05) is 13.1 Å². The second-order valence-electron chi connectivity index (χ2n) is 5.87. The van der Waals surface area contributed by atoms with E-state index in [9.17, 15) is 5.11 Å². The summed E-state index contributed by atoms with van der Waals surface area (Å²) in [5, 5.41) is 12.2. The van der Waals surface area contributed by atoms with Gasteiger partial charge in [-0.1, -0.05) is 24.6 Å². The first-order chi connectivity index (χ1) is 9.27. The third kappa shape index (κ3) is 1.65. The molecule has 1 aromatic heterocycles. The summed E-state index contributed by atoms with van der Waals surface area (Å²) in [5.74, 6) is 0.753. The number of rotatable bonds is 1. The van der Waals surface area contributed by atoms with Crippen LogP contribution in [0.3, 0.4) is 0 Å². The lowest BCUT2D eigenvalue weighted by molar-refractivity contribution is -0.0293. The Morgan fingerprint density at radius 1 is 1.21 bits per heavy atom. The molecular formula is C16H19NO2. The standard InChI is InChI=1S/C16H19NO2/c18-16(8-10-17-9-4-3-7-14(16)17)15-11-12-5-1-2-6-13(12)19-15/h1-2,5-6,11,14,18H,3-4,7-10H2. The predicted octanol–water partition coefficient (Wildman–Crippen LogP) is 2.88. The van der Waals surface area contributed by atoms with Crippen molar-refractivity contribution in [2.45, 2.75) is 37.3 Å². The Balaban J connectivity index is 1.77. The average Bonchev–Trinajstić information content (AvgIpc) is 3.02. The maximum Gasteiger partial charge on any atom is 0.139 e. The van der Waals surface area contributed by atoms with Crippen molar-refractivity contribution in [1.29, 1.82) is 0 Å². The molecule has 0 radical (unpaired) electrons. The zero-order chi connectivity index (χ0) is 12.9. The zero-order valence-electron chi connectivity index (χ0n) is 11.0. The van der Waals surface area contributed by atoms with Crippen molar-refractivity contribution >= 4 is 11.0 Å². The van der Waals surface area contributed by atoms with E-state index in [1.54, 1.807) is 0 Å². The van der Waals surface area contributed by atoms with Gasteiger partial charge in [-0.2, -0.15) is 0 Å². The molecule has 1 N–H and O–H groups in total. The molecule has 0 spiro atoms. The summed E-state index contributed by atoms with van der Waals surface area (Å²) in [6.45, 7) is 2.10. The van der Waals surface area contributed by atoms with E-state index in [2.05, 4.69) is 4.90 Å². The number of nitrogens with zero attached hydrogens (tertiary/aromatic N) is 1. The van der Waals surface area contributed by atoms with Gasteiger partial charge in [-0.3, -0.25) is 4.90 Å². The van der Waals surface area contributed by atoms with E-state index in [1.807, 2.05) is 30.3 Å². The lowest BCUT2D eigenvalue weighted by Crippen LogP contribution is -2.44. The summed E-state index contributed by atoms with van der Waals surface area (Å²) >= 11 is 0. The first-order valence-electron chi connectivity index (χ1n) is 7.23. The van der Waals surface area contributed by atoms with Crippen LogP contribution < -0.4 is 0 Å². The van der Waals surface area contributed by atoms with Crippen LogP contribution in [0.25, 0.3) is 11.0 Å². The van der Waals surface area contributed by atoms with Gasteiger partial charge in [0.25, 0.3) is 0 Å². The summed E-state index contributed by atoms with van der Waals surface area (Å²) < 4.78 is 5.93. The Hall–Kier alpha value is -1.32. The molecule has 3 heterocycles. The highest BCUT2D eigenvalue weighted by molar-refractivity contribution is 5.78.